The van der Waals surface area contributed by atoms with Gasteiger partial charge in [0.05, 0.1) is 19.8 Å². The van der Waals surface area contributed by atoms with Crippen molar-refractivity contribution in [3.05, 3.63) is 45.5 Å². The van der Waals surface area contributed by atoms with E-state index in [4.69, 9.17) is 9.47 Å². The number of carbonyl (C=O) groups excluding carboxylic acids is 1. The average Bonchev–Trinajstić information content (AvgIpc) is 2.97. The number of nitrogens with one attached hydrogen (secondary N) is 1. The number of nitrogens with zero attached hydrogens (tertiary/aromatic N) is 1. The number of ether oxygens (including phenoxy) is 2. The molecule has 0 aliphatic heterocycles. The maximum atomic E-state index is 12.4. The number of hydrogen-bond acceptors (Lipinski definition) is 5. The van der Waals surface area contributed by atoms with Gasteiger partial charge in [-0.25, -0.2) is 4.98 Å². The van der Waals surface area contributed by atoms with Gasteiger partial charge in [0.15, 0.2) is 5.13 Å². The summed E-state index contributed by atoms with van der Waals surface area (Å²) in [4.78, 5) is 16.9. The van der Waals surface area contributed by atoms with E-state index in [2.05, 4.69) is 32.9 Å². The second-order valence-electron chi connectivity index (χ2n) is 4.60. The van der Waals surface area contributed by atoms with Crippen LogP contribution in [0, 0.1) is 3.57 Å². The van der Waals surface area contributed by atoms with Gasteiger partial charge in [-0.3, -0.25) is 10.1 Å². The summed E-state index contributed by atoms with van der Waals surface area (Å²) in [5.74, 6) is 1.16. The smallest absolute Gasteiger partial charge is 0.258 e. The zero-order valence-corrected chi connectivity index (χ0v) is 15.4. The fourth-order valence-corrected chi connectivity index (χ4v) is 3.75. The van der Waals surface area contributed by atoms with Crippen molar-refractivity contribution in [1.29, 1.82) is 0 Å². The van der Waals surface area contributed by atoms with Crippen molar-refractivity contribution in [3.63, 3.8) is 0 Å². The number of amides is 1. The highest BCUT2D eigenvalue weighted by atomic mass is 127. The summed E-state index contributed by atoms with van der Waals surface area (Å²) in [6.45, 7) is 0. The van der Waals surface area contributed by atoms with Crippen LogP contribution in [0.2, 0.25) is 0 Å². The van der Waals surface area contributed by atoms with Crippen LogP contribution in [0.1, 0.15) is 10.4 Å². The number of fused-ring (bicyclic) bond motifs is 1. The number of benzene rings is 2. The van der Waals surface area contributed by atoms with Crippen molar-refractivity contribution < 1.29 is 14.3 Å². The quantitative estimate of drug-likeness (QED) is 0.619. The van der Waals surface area contributed by atoms with Crippen molar-refractivity contribution in [1.82, 2.24) is 4.98 Å². The first kappa shape index (κ1) is 16.0. The zero-order valence-electron chi connectivity index (χ0n) is 12.4. The first-order chi connectivity index (χ1) is 11.1. The number of carbonyl (C=O) groups is 1. The van der Waals surface area contributed by atoms with Crippen LogP contribution < -0.4 is 14.8 Å². The summed E-state index contributed by atoms with van der Waals surface area (Å²) in [5, 5.41) is 3.35. The van der Waals surface area contributed by atoms with Gasteiger partial charge >= 0.3 is 0 Å². The number of methoxy groups -OCH3 is 2. The van der Waals surface area contributed by atoms with Crippen molar-refractivity contribution in [3.8, 4) is 11.5 Å². The molecule has 0 aliphatic carbocycles. The highest BCUT2D eigenvalue weighted by Gasteiger charge is 2.16. The van der Waals surface area contributed by atoms with Crippen LogP contribution in [0.15, 0.2) is 36.4 Å². The van der Waals surface area contributed by atoms with Gasteiger partial charge in [-0.05, 0) is 46.9 Å². The molecule has 0 saturated heterocycles. The molecule has 0 atom stereocenters. The Hall–Kier alpha value is -1.87. The van der Waals surface area contributed by atoms with E-state index in [0.717, 1.165) is 8.27 Å². The molecule has 0 radical (unpaired) electrons. The molecule has 0 unspecified atom stereocenters. The van der Waals surface area contributed by atoms with Crippen molar-refractivity contribution in [2.24, 2.45) is 0 Å². The van der Waals surface area contributed by atoms with Gasteiger partial charge in [-0.15, -0.1) is 0 Å². The number of rotatable bonds is 4. The molecular weight excluding hydrogens is 427 g/mol. The molecule has 118 valence electrons. The van der Waals surface area contributed by atoms with E-state index in [-0.39, 0.29) is 5.91 Å². The fourth-order valence-electron chi connectivity index (χ4n) is 2.15. The van der Waals surface area contributed by atoms with Gasteiger partial charge in [0, 0.05) is 3.57 Å². The van der Waals surface area contributed by atoms with E-state index in [9.17, 15) is 4.79 Å². The highest BCUT2D eigenvalue weighted by molar-refractivity contribution is 14.1. The average molecular weight is 440 g/mol. The molecule has 1 aromatic heterocycles. The monoisotopic (exact) mass is 440 g/mol. The number of hydrogen-bond donors (Lipinski definition) is 1. The molecule has 1 heterocycles. The molecule has 1 N–H and O–H groups in total. The molecule has 0 aliphatic rings. The van der Waals surface area contributed by atoms with Crippen LogP contribution in [0.3, 0.4) is 0 Å². The SMILES string of the molecule is COc1ccc(OC)c2sc(NC(=O)c3ccccc3I)nc12. The second kappa shape index (κ2) is 6.71. The Bertz CT molecular complexity index is 838. The number of anilines is 1. The first-order valence-electron chi connectivity index (χ1n) is 6.71. The van der Waals surface area contributed by atoms with Crippen molar-refractivity contribution in [2.45, 2.75) is 0 Å². The van der Waals surface area contributed by atoms with Crippen LogP contribution in [0.4, 0.5) is 5.13 Å². The predicted molar refractivity (Wildman–Crippen MR) is 99.8 cm³/mol. The summed E-state index contributed by atoms with van der Waals surface area (Å²) in [6, 6.07) is 11.0. The maximum absolute atomic E-state index is 12.4. The molecule has 1 amide bonds. The van der Waals surface area contributed by atoms with Crippen LogP contribution >= 0.6 is 33.9 Å². The molecule has 0 saturated carbocycles. The predicted octanol–water partition coefficient (Wildman–Crippen LogP) is 4.17. The number of thiazole rings is 1. The Morgan fingerprint density at radius 3 is 2.52 bits per heavy atom. The van der Waals surface area contributed by atoms with Crippen molar-refractivity contribution in [2.75, 3.05) is 19.5 Å². The molecular formula is C16H13IN2O3S. The summed E-state index contributed by atoms with van der Waals surface area (Å²) in [5.41, 5.74) is 1.29. The van der Waals surface area contributed by atoms with Gasteiger partial charge < -0.3 is 9.47 Å². The lowest BCUT2D eigenvalue weighted by Crippen LogP contribution is -2.12. The lowest BCUT2D eigenvalue weighted by Gasteiger charge is -2.03. The van der Waals surface area contributed by atoms with E-state index in [1.165, 1.54) is 11.3 Å². The van der Waals surface area contributed by atoms with Crippen LogP contribution in [0.25, 0.3) is 10.2 Å². The third-order valence-electron chi connectivity index (χ3n) is 3.25. The highest BCUT2D eigenvalue weighted by Crippen LogP contribution is 2.38. The van der Waals surface area contributed by atoms with E-state index in [0.29, 0.717) is 27.7 Å². The standard InChI is InChI=1S/C16H13IN2O3S/c1-21-11-7-8-12(22-2)14-13(11)18-16(23-14)19-15(20)9-5-3-4-6-10(9)17/h3-8H,1-2H3,(H,18,19,20). The minimum absolute atomic E-state index is 0.188. The Morgan fingerprint density at radius 1 is 1.13 bits per heavy atom. The maximum Gasteiger partial charge on any atom is 0.258 e. The molecule has 0 spiro atoms. The lowest BCUT2D eigenvalue weighted by molar-refractivity contribution is 0.102. The Morgan fingerprint density at radius 2 is 1.83 bits per heavy atom. The van der Waals surface area contributed by atoms with Gasteiger partial charge in [-0.1, -0.05) is 23.5 Å². The molecule has 5 nitrogen and oxygen atoms in total. The third kappa shape index (κ3) is 3.11. The molecule has 0 fully saturated rings. The minimum Gasteiger partial charge on any atom is -0.495 e. The zero-order chi connectivity index (χ0) is 16.4. The first-order valence-corrected chi connectivity index (χ1v) is 8.61. The summed E-state index contributed by atoms with van der Waals surface area (Å²) < 4.78 is 12.4. The molecule has 7 heteroatoms. The van der Waals surface area contributed by atoms with Gasteiger partial charge in [0.25, 0.3) is 5.91 Å². The van der Waals surface area contributed by atoms with Crippen LogP contribution in [-0.4, -0.2) is 25.1 Å². The van der Waals surface area contributed by atoms with Gasteiger partial charge in [0.1, 0.15) is 21.7 Å². The van der Waals surface area contributed by atoms with E-state index in [1.54, 1.807) is 26.4 Å². The second-order valence-corrected chi connectivity index (χ2v) is 6.76. The Labute approximate surface area is 150 Å². The molecule has 3 aromatic rings. The van der Waals surface area contributed by atoms with Crippen molar-refractivity contribution >= 4 is 55.2 Å². The van der Waals surface area contributed by atoms with Gasteiger partial charge in [0.2, 0.25) is 0 Å². The van der Waals surface area contributed by atoms with E-state index in [1.807, 2.05) is 24.3 Å². The topological polar surface area (TPSA) is 60.5 Å². The summed E-state index contributed by atoms with van der Waals surface area (Å²) in [7, 11) is 3.19. The molecule has 2 aromatic carbocycles. The van der Waals surface area contributed by atoms with Gasteiger partial charge in [-0.2, -0.15) is 0 Å². The van der Waals surface area contributed by atoms with E-state index < -0.39 is 0 Å². The molecule has 3 rings (SSSR count). The van der Waals surface area contributed by atoms with E-state index >= 15 is 0 Å². The lowest BCUT2D eigenvalue weighted by atomic mass is 10.2. The molecule has 0 bridgehead atoms. The normalized spacial score (nSPS) is 10.6. The summed E-state index contributed by atoms with van der Waals surface area (Å²) in [6.07, 6.45) is 0. The Balaban J connectivity index is 1.98. The number of halogens is 1. The largest absolute Gasteiger partial charge is 0.495 e. The Kier molecular flexibility index (Phi) is 4.67. The van der Waals surface area contributed by atoms with Crippen LogP contribution in [-0.2, 0) is 0 Å². The van der Waals surface area contributed by atoms with Crippen LogP contribution in [0.5, 0.6) is 11.5 Å². The minimum atomic E-state index is -0.188. The third-order valence-corrected chi connectivity index (χ3v) is 5.18. The summed E-state index contributed by atoms with van der Waals surface area (Å²) >= 11 is 3.49. The molecule has 23 heavy (non-hydrogen) atoms. The number of aromatic nitrogens is 1. The fraction of sp³-hybridized carbons (Fsp3) is 0.125.